The van der Waals surface area contributed by atoms with Crippen molar-refractivity contribution >= 4 is 18.8 Å². The summed E-state index contributed by atoms with van der Waals surface area (Å²) in [7, 11) is -0.286. The van der Waals surface area contributed by atoms with Crippen LogP contribution in [0.15, 0.2) is 85.0 Å². The summed E-state index contributed by atoms with van der Waals surface area (Å²) in [6, 6.07) is 22.0. The summed E-state index contributed by atoms with van der Waals surface area (Å²) in [5.74, 6) is 0.357. The van der Waals surface area contributed by atoms with Gasteiger partial charge in [-0.1, -0.05) is 121 Å². The van der Waals surface area contributed by atoms with E-state index in [1.165, 1.54) is 16.7 Å². The average molecular weight is 360 g/mol. The third-order valence-electron chi connectivity index (χ3n) is 4.84. The highest BCUT2D eigenvalue weighted by molar-refractivity contribution is 7.70. The summed E-state index contributed by atoms with van der Waals surface area (Å²) in [6.45, 7) is 9.55. The Balaban J connectivity index is 2.32. The van der Waals surface area contributed by atoms with Gasteiger partial charge in [-0.25, -0.2) is 0 Å². The maximum absolute atomic E-state index is 2.39. The Kier molecular flexibility index (Phi) is 6.28. The molecule has 0 heterocycles. The van der Waals surface area contributed by atoms with E-state index in [1.54, 1.807) is 5.31 Å². The van der Waals surface area contributed by atoms with Crippen molar-refractivity contribution in [1.29, 1.82) is 0 Å². The lowest BCUT2D eigenvalue weighted by Crippen LogP contribution is -2.09. The van der Waals surface area contributed by atoms with Gasteiger partial charge >= 0.3 is 0 Å². The first-order chi connectivity index (χ1) is 12.6. The molecule has 1 heteroatoms. The van der Waals surface area contributed by atoms with Gasteiger partial charge in [0, 0.05) is 5.92 Å². The molecule has 2 aromatic carbocycles. The Hall–Kier alpha value is -1.91. The van der Waals surface area contributed by atoms with Gasteiger partial charge in [0.15, 0.2) is 0 Å². The maximum Gasteiger partial charge on any atom is 0.0217 e. The maximum atomic E-state index is 2.39. The fraction of sp³-hybridized carbons (Fsp3) is 0.280. The Bertz CT molecular complexity index is 775. The van der Waals surface area contributed by atoms with E-state index in [-0.39, 0.29) is 7.92 Å². The zero-order valence-electron chi connectivity index (χ0n) is 16.3. The van der Waals surface area contributed by atoms with Gasteiger partial charge in [-0.05, 0) is 33.3 Å². The molecule has 0 bridgehead atoms. The number of allylic oxidation sites excluding steroid dienone is 5. The van der Waals surface area contributed by atoms with Gasteiger partial charge in [0.2, 0.25) is 0 Å². The van der Waals surface area contributed by atoms with Gasteiger partial charge < -0.3 is 0 Å². The van der Waals surface area contributed by atoms with Crippen molar-refractivity contribution < 1.29 is 0 Å². The van der Waals surface area contributed by atoms with Crippen LogP contribution in [0.1, 0.15) is 38.8 Å². The van der Waals surface area contributed by atoms with Crippen molar-refractivity contribution in [2.45, 2.75) is 39.0 Å². The lowest BCUT2D eigenvalue weighted by molar-refractivity contribution is 1.02. The normalized spacial score (nSPS) is 15.3. The molecule has 0 fully saturated rings. The molecule has 0 unspecified atom stereocenters. The fourth-order valence-corrected chi connectivity index (χ4v) is 7.11. The number of benzene rings is 2. The first-order valence-electron chi connectivity index (χ1n) is 9.58. The minimum Gasteiger partial charge on any atom is -0.0732 e. The van der Waals surface area contributed by atoms with Crippen LogP contribution < -0.4 is 0 Å². The molecule has 26 heavy (non-hydrogen) atoms. The molecule has 0 radical (unpaired) electrons. The van der Waals surface area contributed by atoms with Gasteiger partial charge in [0.1, 0.15) is 0 Å². The number of hydrogen-bond acceptors (Lipinski definition) is 0. The second-order valence-corrected chi connectivity index (χ2v) is 10.7. The zero-order valence-corrected chi connectivity index (χ0v) is 17.2. The first-order valence-corrected chi connectivity index (χ1v) is 11.1. The Morgan fingerprint density at radius 1 is 0.692 bits per heavy atom. The Morgan fingerprint density at radius 3 is 1.62 bits per heavy atom. The molecule has 0 N–H and O–H groups in total. The molecule has 1 aliphatic carbocycles. The number of hydrogen-bond donors (Lipinski definition) is 0. The van der Waals surface area contributed by atoms with Crippen LogP contribution in [-0.4, -0.2) is 11.3 Å². The van der Waals surface area contributed by atoms with E-state index >= 15 is 0 Å². The predicted molar refractivity (Wildman–Crippen MR) is 119 cm³/mol. The quantitative estimate of drug-likeness (QED) is 0.367. The van der Waals surface area contributed by atoms with Crippen molar-refractivity contribution in [1.82, 2.24) is 0 Å². The predicted octanol–water partition coefficient (Wildman–Crippen LogP) is 7.60. The second-order valence-electron chi connectivity index (χ2n) is 7.38. The molecular weight excluding hydrogens is 331 g/mol. The Morgan fingerprint density at radius 2 is 1.15 bits per heavy atom. The van der Waals surface area contributed by atoms with Crippen LogP contribution >= 0.6 is 7.92 Å². The van der Waals surface area contributed by atoms with E-state index < -0.39 is 0 Å². The van der Waals surface area contributed by atoms with E-state index in [2.05, 4.69) is 113 Å². The smallest absolute Gasteiger partial charge is 0.0217 e. The summed E-state index contributed by atoms with van der Waals surface area (Å²) in [5, 5.41) is 1.57. The topological polar surface area (TPSA) is 0 Å². The summed E-state index contributed by atoms with van der Waals surface area (Å²) in [6.07, 6.45) is 9.03. The molecule has 0 saturated carbocycles. The highest BCUT2D eigenvalue weighted by Crippen LogP contribution is 2.61. The van der Waals surface area contributed by atoms with Crippen molar-refractivity contribution in [3.8, 4) is 0 Å². The van der Waals surface area contributed by atoms with Crippen molar-refractivity contribution in [3.63, 3.8) is 0 Å². The fourth-order valence-electron chi connectivity index (χ4n) is 3.88. The van der Waals surface area contributed by atoms with E-state index in [4.69, 9.17) is 0 Å². The Labute approximate surface area is 160 Å². The lowest BCUT2D eigenvalue weighted by Gasteiger charge is -2.33. The van der Waals surface area contributed by atoms with Crippen molar-refractivity contribution in [2.75, 3.05) is 0 Å². The van der Waals surface area contributed by atoms with Crippen molar-refractivity contribution in [2.24, 2.45) is 5.92 Å². The third-order valence-corrected chi connectivity index (χ3v) is 8.08. The van der Waals surface area contributed by atoms with Gasteiger partial charge in [0.05, 0.1) is 0 Å². The SMILES string of the molecule is CC(C)P(C(=C(c1ccccc1)C1C=CC=C1)c1ccccc1)C(C)C. The molecule has 1 aliphatic rings. The largest absolute Gasteiger partial charge is 0.0732 e. The van der Waals surface area contributed by atoms with Gasteiger partial charge in [-0.2, -0.15) is 0 Å². The highest BCUT2D eigenvalue weighted by Gasteiger charge is 2.28. The summed E-state index contributed by atoms with van der Waals surface area (Å²) in [5.41, 5.74) is 5.51. The zero-order chi connectivity index (χ0) is 18.5. The summed E-state index contributed by atoms with van der Waals surface area (Å²) < 4.78 is 0. The molecule has 2 aromatic rings. The molecule has 134 valence electrons. The highest BCUT2D eigenvalue weighted by atomic mass is 31.1. The summed E-state index contributed by atoms with van der Waals surface area (Å²) in [4.78, 5) is 0. The van der Waals surface area contributed by atoms with Gasteiger partial charge in [-0.15, -0.1) is 0 Å². The molecule has 0 spiro atoms. The molecule has 0 aliphatic heterocycles. The molecule has 0 amide bonds. The molecule has 3 rings (SSSR count). The van der Waals surface area contributed by atoms with E-state index in [0.29, 0.717) is 17.2 Å². The van der Waals surface area contributed by atoms with E-state index in [0.717, 1.165) is 0 Å². The van der Waals surface area contributed by atoms with Crippen molar-refractivity contribution in [3.05, 3.63) is 96.1 Å². The van der Waals surface area contributed by atoms with Crippen LogP contribution in [0, 0.1) is 5.92 Å². The standard InChI is InChI=1S/C25H29P/c1-19(2)26(20(3)4)25(23-17-9-6-10-18-23)24(22-15-11-12-16-22)21-13-7-5-8-14-21/h5-20,22H,1-4H3. The molecule has 0 atom stereocenters. The second kappa shape index (κ2) is 8.65. The van der Waals surface area contributed by atoms with Gasteiger partial charge in [0.25, 0.3) is 0 Å². The first kappa shape index (κ1) is 18.9. The minimum absolute atomic E-state index is 0.286. The van der Waals surface area contributed by atoms with Crippen LogP contribution in [0.3, 0.4) is 0 Å². The minimum atomic E-state index is -0.286. The average Bonchev–Trinajstić information content (AvgIpc) is 3.16. The van der Waals surface area contributed by atoms with Crippen LogP contribution in [0.2, 0.25) is 0 Å². The lowest BCUT2D eigenvalue weighted by atomic mass is 9.91. The molecule has 0 aromatic heterocycles. The van der Waals surface area contributed by atoms with Crippen LogP contribution in [0.4, 0.5) is 0 Å². The van der Waals surface area contributed by atoms with Crippen LogP contribution in [0.5, 0.6) is 0 Å². The van der Waals surface area contributed by atoms with Crippen LogP contribution in [0.25, 0.3) is 10.9 Å². The van der Waals surface area contributed by atoms with E-state index in [1.807, 2.05) is 0 Å². The van der Waals surface area contributed by atoms with E-state index in [9.17, 15) is 0 Å². The third kappa shape index (κ3) is 4.08. The molecule has 0 nitrogen and oxygen atoms in total. The van der Waals surface area contributed by atoms with Crippen LogP contribution in [-0.2, 0) is 0 Å². The molecule has 0 saturated heterocycles. The summed E-state index contributed by atoms with van der Waals surface area (Å²) >= 11 is 0. The van der Waals surface area contributed by atoms with Gasteiger partial charge in [-0.3, -0.25) is 0 Å². The molecular formula is C25H29P. The number of rotatable bonds is 6. The monoisotopic (exact) mass is 360 g/mol.